The molecule has 0 amide bonds. The number of H-pyrrole nitrogens is 1. The third-order valence-corrected chi connectivity index (χ3v) is 6.54. The summed E-state index contributed by atoms with van der Waals surface area (Å²) in [7, 11) is 0. The highest BCUT2D eigenvalue weighted by atomic mass is 32.1. The van der Waals surface area contributed by atoms with Crippen molar-refractivity contribution in [3.05, 3.63) is 74.0 Å². The molecule has 32 heavy (non-hydrogen) atoms. The van der Waals surface area contributed by atoms with Crippen LogP contribution in [0, 0.1) is 5.92 Å². The number of pyridine rings is 1. The van der Waals surface area contributed by atoms with E-state index in [9.17, 15) is 14.7 Å². The van der Waals surface area contributed by atoms with E-state index in [2.05, 4.69) is 23.0 Å². The minimum Gasteiger partial charge on any atom is -0.494 e. The fraction of sp³-hybridized carbons (Fsp3) is 0.375. The van der Waals surface area contributed by atoms with Gasteiger partial charge in [-0.3, -0.25) is 19.6 Å². The van der Waals surface area contributed by atoms with Crippen LogP contribution in [-0.4, -0.2) is 33.8 Å². The van der Waals surface area contributed by atoms with Crippen LogP contribution in [0.1, 0.15) is 47.9 Å². The van der Waals surface area contributed by atoms with Gasteiger partial charge in [-0.05, 0) is 42.2 Å². The molecule has 2 N–H and O–H groups in total. The van der Waals surface area contributed by atoms with Crippen molar-refractivity contribution in [3.8, 4) is 11.6 Å². The Morgan fingerprint density at radius 2 is 2.06 bits per heavy atom. The molecule has 3 unspecified atom stereocenters. The fourth-order valence-corrected chi connectivity index (χ4v) is 4.60. The minimum atomic E-state index is -0.267. The van der Waals surface area contributed by atoms with Crippen LogP contribution in [0.2, 0.25) is 0 Å². The summed E-state index contributed by atoms with van der Waals surface area (Å²) in [6.07, 6.45) is 4.00. The van der Waals surface area contributed by atoms with E-state index in [0.717, 1.165) is 46.7 Å². The quantitative estimate of drug-likeness (QED) is 0.477. The van der Waals surface area contributed by atoms with E-state index in [1.165, 1.54) is 6.92 Å². The molecule has 0 saturated heterocycles. The van der Waals surface area contributed by atoms with Crippen molar-refractivity contribution in [2.24, 2.45) is 5.92 Å². The molecule has 1 fully saturated rings. The molecule has 4 rings (SSSR count). The number of aromatic amines is 1. The number of hydrogen-bond acceptors (Lipinski definition) is 7. The summed E-state index contributed by atoms with van der Waals surface area (Å²) >= 11 is 1.01. The first-order valence-electron chi connectivity index (χ1n) is 10.7. The first kappa shape index (κ1) is 22.1. The standard InChI is InChI=1S/C24H26N2O5S/c1-3-17-7-6-16(12-25-17)20(19-11-21(19)31-14(2)27)13-30-18-8-4-15(5-9-18)10-22-23(28)26-24(29)32-22/h4-9,12,19-21,28H,3,10-11,13H2,1-2H3,(H,26,29). The predicted octanol–water partition coefficient (Wildman–Crippen LogP) is 3.80. The van der Waals surface area contributed by atoms with Crippen molar-refractivity contribution in [2.75, 3.05) is 6.61 Å². The van der Waals surface area contributed by atoms with Gasteiger partial charge >= 0.3 is 10.8 Å². The van der Waals surface area contributed by atoms with Crippen LogP contribution in [0.25, 0.3) is 0 Å². The fourth-order valence-electron chi connectivity index (χ4n) is 3.84. The highest BCUT2D eigenvalue weighted by Gasteiger charge is 2.46. The summed E-state index contributed by atoms with van der Waals surface area (Å²) in [6.45, 7) is 3.96. The Balaban J connectivity index is 1.42. The molecular formula is C24H26N2O5S. The SMILES string of the molecule is CCc1ccc(C(COc2ccc(Cc3sc(=O)[nH]c3O)cc2)C2CC2OC(C)=O)cn1. The average Bonchev–Trinajstić information content (AvgIpc) is 3.44. The predicted molar refractivity (Wildman–Crippen MR) is 121 cm³/mol. The molecule has 168 valence electrons. The van der Waals surface area contributed by atoms with Gasteiger partial charge in [-0.25, -0.2) is 0 Å². The number of nitrogens with zero attached hydrogens (tertiary/aromatic N) is 1. The number of carbonyl (C=O) groups is 1. The summed E-state index contributed by atoms with van der Waals surface area (Å²) in [5.41, 5.74) is 3.09. The molecule has 3 atom stereocenters. The van der Waals surface area contributed by atoms with Gasteiger partial charge in [0.15, 0.2) is 0 Å². The van der Waals surface area contributed by atoms with E-state index in [4.69, 9.17) is 9.47 Å². The van der Waals surface area contributed by atoms with Gasteiger partial charge in [0.2, 0.25) is 5.88 Å². The maximum Gasteiger partial charge on any atom is 0.307 e. The summed E-state index contributed by atoms with van der Waals surface area (Å²) in [5, 5.41) is 9.76. The summed E-state index contributed by atoms with van der Waals surface area (Å²) < 4.78 is 11.5. The van der Waals surface area contributed by atoms with Gasteiger partial charge in [0.05, 0.1) is 11.5 Å². The number of hydrogen-bond donors (Lipinski definition) is 2. The van der Waals surface area contributed by atoms with Gasteiger partial charge in [0, 0.05) is 37.1 Å². The minimum absolute atomic E-state index is 0.0716. The Labute approximate surface area is 190 Å². The maximum atomic E-state index is 11.4. The van der Waals surface area contributed by atoms with E-state index in [1.807, 2.05) is 36.5 Å². The number of ether oxygens (including phenoxy) is 2. The van der Waals surface area contributed by atoms with Crippen LogP contribution in [0.3, 0.4) is 0 Å². The smallest absolute Gasteiger partial charge is 0.307 e. The number of rotatable bonds is 9. The lowest BCUT2D eigenvalue weighted by molar-refractivity contribution is -0.142. The molecule has 0 radical (unpaired) electrons. The third-order valence-electron chi connectivity index (χ3n) is 5.67. The second kappa shape index (κ2) is 9.56. The zero-order chi connectivity index (χ0) is 22.7. The molecule has 0 bridgehead atoms. The van der Waals surface area contributed by atoms with Crippen LogP contribution >= 0.6 is 11.3 Å². The molecule has 3 aromatic rings. The van der Waals surface area contributed by atoms with Crippen molar-refractivity contribution < 1.29 is 19.4 Å². The van der Waals surface area contributed by atoms with Crippen molar-refractivity contribution in [1.82, 2.24) is 9.97 Å². The van der Waals surface area contributed by atoms with Crippen LogP contribution in [-0.2, 0) is 22.4 Å². The molecule has 8 heteroatoms. The van der Waals surface area contributed by atoms with Crippen LogP contribution in [0.4, 0.5) is 0 Å². The molecular weight excluding hydrogens is 428 g/mol. The van der Waals surface area contributed by atoms with E-state index < -0.39 is 0 Å². The molecule has 0 spiro atoms. The lowest BCUT2D eigenvalue weighted by Crippen LogP contribution is -2.16. The summed E-state index contributed by atoms with van der Waals surface area (Å²) in [5.74, 6) is 0.690. The van der Waals surface area contributed by atoms with E-state index >= 15 is 0 Å². The zero-order valence-corrected chi connectivity index (χ0v) is 18.9. The number of aryl methyl sites for hydroxylation is 1. The number of nitrogens with one attached hydrogen (secondary N) is 1. The molecule has 2 heterocycles. The second-order valence-electron chi connectivity index (χ2n) is 8.01. The van der Waals surface area contributed by atoms with Crippen molar-refractivity contribution in [2.45, 2.75) is 45.1 Å². The number of thiazole rings is 1. The first-order chi connectivity index (χ1) is 15.4. The number of benzene rings is 1. The molecule has 0 aliphatic heterocycles. The number of aromatic hydroxyl groups is 1. The van der Waals surface area contributed by atoms with Gasteiger partial charge in [0.25, 0.3) is 0 Å². The first-order valence-corrected chi connectivity index (χ1v) is 11.5. The Kier molecular flexibility index (Phi) is 6.60. The Hall–Kier alpha value is -3.13. The molecule has 1 aromatic carbocycles. The molecule has 1 saturated carbocycles. The molecule has 1 aliphatic rings. The third kappa shape index (κ3) is 5.37. The Morgan fingerprint density at radius 1 is 1.28 bits per heavy atom. The van der Waals surface area contributed by atoms with Gasteiger partial charge in [0.1, 0.15) is 11.9 Å². The van der Waals surface area contributed by atoms with E-state index in [1.54, 1.807) is 0 Å². The van der Waals surface area contributed by atoms with Crippen molar-refractivity contribution in [3.63, 3.8) is 0 Å². The highest BCUT2D eigenvalue weighted by molar-refractivity contribution is 7.09. The largest absolute Gasteiger partial charge is 0.494 e. The Bertz CT molecular complexity index is 1120. The monoisotopic (exact) mass is 454 g/mol. The normalized spacial score (nSPS) is 18.2. The number of esters is 1. The van der Waals surface area contributed by atoms with Crippen LogP contribution < -0.4 is 9.61 Å². The summed E-state index contributed by atoms with van der Waals surface area (Å²) in [4.78, 5) is 29.9. The lowest BCUT2D eigenvalue weighted by atomic mass is 9.96. The lowest BCUT2D eigenvalue weighted by Gasteiger charge is -2.18. The van der Waals surface area contributed by atoms with Crippen molar-refractivity contribution >= 4 is 17.3 Å². The zero-order valence-electron chi connectivity index (χ0n) is 18.0. The van der Waals surface area contributed by atoms with Crippen LogP contribution in [0.5, 0.6) is 11.6 Å². The topological polar surface area (TPSA) is 102 Å². The van der Waals surface area contributed by atoms with Gasteiger partial charge < -0.3 is 14.6 Å². The van der Waals surface area contributed by atoms with Gasteiger partial charge in [-0.15, -0.1) is 0 Å². The Morgan fingerprint density at radius 3 is 2.66 bits per heavy atom. The molecule has 1 aliphatic carbocycles. The number of aromatic nitrogens is 2. The van der Waals surface area contributed by atoms with Gasteiger partial charge in [-0.1, -0.05) is 36.5 Å². The maximum absolute atomic E-state index is 11.4. The van der Waals surface area contributed by atoms with Crippen molar-refractivity contribution in [1.29, 1.82) is 0 Å². The molecule has 7 nitrogen and oxygen atoms in total. The van der Waals surface area contributed by atoms with E-state index in [-0.39, 0.29) is 34.7 Å². The highest BCUT2D eigenvalue weighted by Crippen LogP contribution is 2.45. The number of carbonyl (C=O) groups excluding carboxylic acids is 1. The van der Waals surface area contributed by atoms with E-state index in [0.29, 0.717) is 17.9 Å². The van der Waals surface area contributed by atoms with Gasteiger partial charge in [-0.2, -0.15) is 0 Å². The second-order valence-corrected chi connectivity index (χ2v) is 9.08. The molecule has 2 aromatic heterocycles. The summed E-state index contributed by atoms with van der Waals surface area (Å²) in [6, 6.07) is 11.7. The average molecular weight is 455 g/mol. The van der Waals surface area contributed by atoms with Crippen LogP contribution in [0.15, 0.2) is 47.4 Å².